The van der Waals surface area contributed by atoms with Gasteiger partial charge in [0.2, 0.25) is 5.78 Å². The van der Waals surface area contributed by atoms with Crippen LogP contribution in [0.5, 0.6) is 11.5 Å². The van der Waals surface area contributed by atoms with Gasteiger partial charge in [-0.3, -0.25) is 4.79 Å². The molecule has 0 N–H and O–H groups in total. The lowest BCUT2D eigenvalue weighted by atomic mass is 10.1. The fourth-order valence-corrected chi connectivity index (χ4v) is 2.64. The van der Waals surface area contributed by atoms with Gasteiger partial charge in [-0.15, -0.1) is 0 Å². The van der Waals surface area contributed by atoms with Gasteiger partial charge in [0, 0.05) is 0 Å². The van der Waals surface area contributed by atoms with Gasteiger partial charge in [-0.05, 0) is 41.1 Å². The highest BCUT2D eigenvalue weighted by Crippen LogP contribution is 2.24. The Morgan fingerprint density at radius 3 is 2.35 bits per heavy atom. The molecule has 3 aromatic rings. The summed E-state index contributed by atoms with van der Waals surface area (Å²) >= 11 is 0. The molecule has 0 aromatic heterocycles. The van der Waals surface area contributed by atoms with Crippen LogP contribution in [-0.2, 0) is 4.74 Å². The number of hydrogen-bond donors (Lipinski definition) is 0. The van der Waals surface area contributed by atoms with Crippen molar-refractivity contribution >= 4 is 22.5 Å². The van der Waals surface area contributed by atoms with Crippen LogP contribution in [-0.4, -0.2) is 32.6 Å². The maximum absolute atomic E-state index is 12.4. The van der Waals surface area contributed by atoms with E-state index in [1.165, 1.54) is 14.2 Å². The molecule has 26 heavy (non-hydrogen) atoms. The molecule has 0 fully saturated rings. The standard InChI is InChI=1S/C21H18O5/c1-24-17-9-10-20(25-2)18(12-17)19(22)13-26-21(23)16-8-7-14-5-3-4-6-15(14)11-16/h3-12H,13H2,1-2H3. The highest BCUT2D eigenvalue weighted by atomic mass is 16.5. The van der Waals surface area contributed by atoms with Crippen LogP contribution >= 0.6 is 0 Å². The zero-order chi connectivity index (χ0) is 18.5. The van der Waals surface area contributed by atoms with Crippen LogP contribution in [0.15, 0.2) is 60.7 Å². The van der Waals surface area contributed by atoms with E-state index in [0.717, 1.165) is 10.8 Å². The molecule has 0 aliphatic heterocycles. The highest BCUT2D eigenvalue weighted by Gasteiger charge is 2.17. The van der Waals surface area contributed by atoms with E-state index in [1.807, 2.05) is 30.3 Å². The van der Waals surface area contributed by atoms with Gasteiger partial charge in [-0.2, -0.15) is 0 Å². The molecule has 0 radical (unpaired) electrons. The SMILES string of the molecule is COc1ccc(OC)c(C(=O)COC(=O)c2ccc3ccccc3c2)c1. The molecule has 0 amide bonds. The van der Waals surface area contributed by atoms with E-state index < -0.39 is 5.97 Å². The predicted molar refractivity (Wildman–Crippen MR) is 98.1 cm³/mol. The summed E-state index contributed by atoms with van der Waals surface area (Å²) in [5.74, 6) is 0.00779. The Bertz CT molecular complexity index is 962. The van der Waals surface area contributed by atoms with Crippen LogP contribution in [0.25, 0.3) is 10.8 Å². The lowest BCUT2D eigenvalue weighted by molar-refractivity contribution is 0.0474. The van der Waals surface area contributed by atoms with Crippen molar-refractivity contribution in [3.05, 3.63) is 71.8 Å². The van der Waals surface area contributed by atoms with Crippen LogP contribution < -0.4 is 9.47 Å². The molecule has 0 saturated heterocycles. The van der Waals surface area contributed by atoms with Crippen molar-refractivity contribution in [1.29, 1.82) is 0 Å². The zero-order valence-corrected chi connectivity index (χ0v) is 14.5. The van der Waals surface area contributed by atoms with Gasteiger partial charge >= 0.3 is 5.97 Å². The first-order valence-electron chi connectivity index (χ1n) is 8.03. The highest BCUT2D eigenvalue weighted by molar-refractivity contribution is 6.02. The summed E-state index contributed by atoms with van der Waals surface area (Å²) in [5.41, 5.74) is 0.701. The van der Waals surface area contributed by atoms with E-state index in [1.54, 1.807) is 30.3 Å². The molecule has 0 saturated carbocycles. The summed E-state index contributed by atoms with van der Waals surface area (Å²) in [6.07, 6.45) is 0. The molecule has 0 aliphatic rings. The minimum atomic E-state index is -0.550. The summed E-state index contributed by atoms with van der Waals surface area (Å²) in [5, 5.41) is 1.96. The van der Waals surface area contributed by atoms with Crippen LogP contribution in [0, 0.1) is 0 Å². The van der Waals surface area contributed by atoms with Crippen LogP contribution in [0.2, 0.25) is 0 Å². The first-order chi connectivity index (χ1) is 12.6. The van der Waals surface area contributed by atoms with Gasteiger partial charge in [0.15, 0.2) is 6.61 Å². The quantitative estimate of drug-likeness (QED) is 0.498. The number of fused-ring (bicyclic) bond motifs is 1. The van der Waals surface area contributed by atoms with Gasteiger partial charge in [0.25, 0.3) is 0 Å². The van der Waals surface area contributed by atoms with E-state index in [2.05, 4.69) is 0 Å². The second-order valence-electron chi connectivity index (χ2n) is 5.63. The number of ether oxygens (including phenoxy) is 3. The van der Waals surface area contributed by atoms with E-state index in [-0.39, 0.29) is 12.4 Å². The van der Waals surface area contributed by atoms with E-state index in [4.69, 9.17) is 14.2 Å². The van der Waals surface area contributed by atoms with Gasteiger partial charge in [-0.25, -0.2) is 4.79 Å². The number of carbonyl (C=O) groups excluding carboxylic acids is 2. The van der Waals surface area contributed by atoms with Crippen molar-refractivity contribution in [2.24, 2.45) is 0 Å². The number of benzene rings is 3. The third-order valence-electron chi connectivity index (χ3n) is 4.03. The normalized spacial score (nSPS) is 10.4. The lowest BCUT2D eigenvalue weighted by Crippen LogP contribution is -2.15. The second-order valence-corrected chi connectivity index (χ2v) is 5.63. The van der Waals surface area contributed by atoms with Crippen molar-refractivity contribution < 1.29 is 23.8 Å². The first kappa shape index (κ1) is 17.5. The lowest BCUT2D eigenvalue weighted by Gasteiger charge is -2.10. The van der Waals surface area contributed by atoms with Gasteiger partial charge in [0.05, 0.1) is 25.3 Å². The monoisotopic (exact) mass is 350 g/mol. The molecule has 0 atom stereocenters. The molecule has 132 valence electrons. The number of Topliss-reactive ketones (excluding diaryl/α,β-unsaturated/α-hetero) is 1. The molecule has 0 unspecified atom stereocenters. The van der Waals surface area contributed by atoms with Crippen molar-refractivity contribution in [1.82, 2.24) is 0 Å². The molecule has 3 aromatic carbocycles. The predicted octanol–water partition coefficient (Wildman–Crippen LogP) is 3.90. The van der Waals surface area contributed by atoms with Gasteiger partial charge < -0.3 is 14.2 Å². The summed E-state index contributed by atoms with van der Waals surface area (Å²) in [7, 11) is 2.98. The summed E-state index contributed by atoms with van der Waals surface area (Å²) < 4.78 is 15.5. The third kappa shape index (κ3) is 3.67. The summed E-state index contributed by atoms with van der Waals surface area (Å²) in [6, 6.07) is 17.9. The van der Waals surface area contributed by atoms with Crippen molar-refractivity contribution in [2.45, 2.75) is 0 Å². The topological polar surface area (TPSA) is 61.8 Å². The van der Waals surface area contributed by atoms with Crippen LogP contribution in [0.1, 0.15) is 20.7 Å². The Kier molecular flexibility index (Phi) is 5.17. The zero-order valence-electron chi connectivity index (χ0n) is 14.5. The Balaban J connectivity index is 1.73. The first-order valence-corrected chi connectivity index (χ1v) is 8.03. The Hall–Kier alpha value is -3.34. The third-order valence-corrected chi connectivity index (χ3v) is 4.03. The van der Waals surface area contributed by atoms with Crippen molar-refractivity contribution in [3.63, 3.8) is 0 Å². The molecule has 0 bridgehead atoms. The van der Waals surface area contributed by atoms with Crippen molar-refractivity contribution in [3.8, 4) is 11.5 Å². The van der Waals surface area contributed by atoms with Crippen LogP contribution in [0.4, 0.5) is 0 Å². The number of carbonyl (C=O) groups is 2. The largest absolute Gasteiger partial charge is 0.497 e. The average Bonchev–Trinajstić information content (AvgIpc) is 2.70. The fraction of sp³-hybridized carbons (Fsp3) is 0.143. The van der Waals surface area contributed by atoms with E-state index in [0.29, 0.717) is 22.6 Å². The van der Waals surface area contributed by atoms with Gasteiger partial charge in [-0.1, -0.05) is 30.3 Å². The molecular weight excluding hydrogens is 332 g/mol. The van der Waals surface area contributed by atoms with E-state index >= 15 is 0 Å². The molecular formula is C21H18O5. The molecule has 5 nitrogen and oxygen atoms in total. The van der Waals surface area contributed by atoms with Gasteiger partial charge in [0.1, 0.15) is 11.5 Å². The summed E-state index contributed by atoms with van der Waals surface area (Å²) in [4.78, 5) is 24.7. The summed E-state index contributed by atoms with van der Waals surface area (Å²) in [6.45, 7) is -0.380. The van der Waals surface area contributed by atoms with E-state index in [9.17, 15) is 9.59 Å². The number of hydrogen-bond acceptors (Lipinski definition) is 5. The molecule has 0 spiro atoms. The molecule has 0 heterocycles. The molecule has 0 aliphatic carbocycles. The van der Waals surface area contributed by atoms with Crippen LogP contribution in [0.3, 0.4) is 0 Å². The fourth-order valence-electron chi connectivity index (χ4n) is 2.64. The van der Waals surface area contributed by atoms with Crippen molar-refractivity contribution in [2.75, 3.05) is 20.8 Å². The Morgan fingerprint density at radius 2 is 1.62 bits per heavy atom. The molecule has 5 heteroatoms. The average molecular weight is 350 g/mol. The number of esters is 1. The number of methoxy groups -OCH3 is 2. The minimum Gasteiger partial charge on any atom is -0.497 e. The Morgan fingerprint density at radius 1 is 0.846 bits per heavy atom. The smallest absolute Gasteiger partial charge is 0.338 e. The maximum Gasteiger partial charge on any atom is 0.338 e. The second kappa shape index (κ2) is 7.70. The number of ketones is 1. The maximum atomic E-state index is 12.4. The Labute approximate surface area is 151 Å². The molecule has 3 rings (SSSR count). The number of rotatable bonds is 6. The minimum absolute atomic E-state index is 0.304.